The number of carbonyl (C=O) groups is 1. The molecular formula is C8H10N2O2. The average Bonchev–Trinajstić information content (AvgIpc) is 2.05. The summed E-state index contributed by atoms with van der Waals surface area (Å²) in [6.07, 6.45) is 0.300. The predicted octanol–water partition coefficient (Wildman–Crippen LogP) is 0.993. The second-order valence-corrected chi connectivity index (χ2v) is 2.36. The summed E-state index contributed by atoms with van der Waals surface area (Å²) in [7, 11) is 0. The van der Waals surface area contributed by atoms with Crippen molar-refractivity contribution in [3.05, 3.63) is 0 Å². The summed E-state index contributed by atoms with van der Waals surface area (Å²) in [6.45, 7) is 1.76. The van der Waals surface area contributed by atoms with Crippen molar-refractivity contribution < 1.29 is 9.53 Å². The lowest BCUT2D eigenvalue weighted by Crippen LogP contribution is -2.09. The van der Waals surface area contributed by atoms with E-state index in [0.29, 0.717) is 0 Å². The van der Waals surface area contributed by atoms with Gasteiger partial charge in [0.2, 0.25) is 0 Å². The van der Waals surface area contributed by atoms with E-state index in [-0.39, 0.29) is 25.4 Å². The fraction of sp³-hybridized carbons (Fsp3) is 0.625. The highest BCUT2D eigenvalue weighted by Gasteiger charge is 2.08. The first-order valence-corrected chi connectivity index (χ1v) is 3.63. The van der Waals surface area contributed by atoms with Crippen molar-refractivity contribution in [1.29, 1.82) is 10.5 Å². The zero-order valence-corrected chi connectivity index (χ0v) is 6.91. The van der Waals surface area contributed by atoms with Gasteiger partial charge in [0.05, 0.1) is 30.9 Å². The van der Waals surface area contributed by atoms with Gasteiger partial charge in [0.1, 0.15) is 6.61 Å². The predicted molar refractivity (Wildman–Crippen MR) is 40.6 cm³/mol. The highest BCUT2D eigenvalue weighted by molar-refractivity contribution is 5.69. The fourth-order valence-electron chi connectivity index (χ4n) is 0.565. The van der Waals surface area contributed by atoms with Crippen LogP contribution in [0.5, 0.6) is 0 Å². The van der Waals surface area contributed by atoms with Crippen molar-refractivity contribution in [3.8, 4) is 12.1 Å². The molecule has 0 saturated heterocycles. The zero-order chi connectivity index (χ0) is 9.40. The van der Waals surface area contributed by atoms with Crippen molar-refractivity contribution >= 4 is 5.97 Å². The second kappa shape index (κ2) is 6.18. The van der Waals surface area contributed by atoms with E-state index in [9.17, 15) is 4.79 Å². The first kappa shape index (κ1) is 10.4. The Morgan fingerprint density at radius 2 is 2.25 bits per heavy atom. The summed E-state index contributed by atoms with van der Waals surface area (Å²) < 4.78 is 4.64. The molecule has 4 nitrogen and oxygen atoms in total. The molecule has 0 amide bonds. The summed E-state index contributed by atoms with van der Waals surface area (Å²) in [6, 6.07) is 3.77. The van der Waals surface area contributed by atoms with Crippen LogP contribution >= 0.6 is 0 Å². The lowest BCUT2D eigenvalue weighted by Gasteiger charge is -2.02. The molecule has 0 aromatic rings. The third-order valence-corrected chi connectivity index (χ3v) is 1.17. The van der Waals surface area contributed by atoms with Gasteiger partial charge in [-0.3, -0.25) is 4.79 Å². The lowest BCUT2D eigenvalue weighted by molar-refractivity contribution is -0.144. The lowest BCUT2D eigenvalue weighted by atomic mass is 10.1. The molecule has 1 unspecified atom stereocenters. The molecule has 0 heterocycles. The van der Waals surface area contributed by atoms with Crippen molar-refractivity contribution in [1.82, 2.24) is 0 Å². The Balaban J connectivity index is 3.49. The monoisotopic (exact) mass is 166 g/mol. The first-order chi connectivity index (χ1) is 5.70. The summed E-state index contributed by atoms with van der Waals surface area (Å²) >= 11 is 0. The van der Waals surface area contributed by atoms with Crippen molar-refractivity contribution in [2.45, 2.75) is 19.8 Å². The Morgan fingerprint density at radius 3 is 2.75 bits per heavy atom. The summed E-state index contributed by atoms with van der Waals surface area (Å²) in [5.41, 5.74) is 0. The van der Waals surface area contributed by atoms with Crippen LogP contribution in [-0.2, 0) is 9.53 Å². The van der Waals surface area contributed by atoms with Gasteiger partial charge in [0.15, 0.2) is 0 Å². The van der Waals surface area contributed by atoms with E-state index in [1.54, 1.807) is 6.92 Å². The van der Waals surface area contributed by atoms with Gasteiger partial charge < -0.3 is 4.74 Å². The SMILES string of the molecule is CC(C#N)CC(=O)OCCC#N. The second-order valence-electron chi connectivity index (χ2n) is 2.36. The number of nitrogens with zero attached hydrogens (tertiary/aromatic N) is 2. The molecule has 0 aliphatic carbocycles. The van der Waals surface area contributed by atoms with Gasteiger partial charge in [-0.1, -0.05) is 0 Å². The molecule has 1 atom stereocenters. The standard InChI is InChI=1S/C8H10N2O2/c1-7(6-10)5-8(11)12-4-2-3-9/h7H,2,4-5H2,1H3. The smallest absolute Gasteiger partial charge is 0.307 e. The van der Waals surface area contributed by atoms with Gasteiger partial charge in [0, 0.05) is 0 Å². The summed E-state index contributed by atoms with van der Waals surface area (Å²) in [4.78, 5) is 10.8. The highest BCUT2D eigenvalue weighted by Crippen LogP contribution is 2.00. The number of hydrogen-bond donors (Lipinski definition) is 0. The molecule has 0 spiro atoms. The molecule has 0 bridgehead atoms. The number of esters is 1. The molecule has 0 N–H and O–H groups in total. The number of carbonyl (C=O) groups excluding carboxylic acids is 1. The molecule has 0 radical (unpaired) electrons. The van der Waals surface area contributed by atoms with Crippen LogP contribution in [0.1, 0.15) is 19.8 Å². The molecule has 64 valence electrons. The topological polar surface area (TPSA) is 73.9 Å². The Kier molecular flexibility index (Phi) is 5.38. The van der Waals surface area contributed by atoms with Crippen LogP contribution in [0.4, 0.5) is 0 Å². The van der Waals surface area contributed by atoms with Crippen LogP contribution in [0.25, 0.3) is 0 Å². The molecule has 4 heteroatoms. The van der Waals surface area contributed by atoms with E-state index in [1.807, 2.05) is 12.1 Å². The minimum atomic E-state index is -0.417. The molecule has 0 saturated carbocycles. The van der Waals surface area contributed by atoms with E-state index in [4.69, 9.17) is 10.5 Å². The van der Waals surface area contributed by atoms with E-state index < -0.39 is 5.97 Å². The first-order valence-electron chi connectivity index (χ1n) is 3.63. The van der Waals surface area contributed by atoms with Crippen LogP contribution in [0.15, 0.2) is 0 Å². The van der Waals surface area contributed by atoms with E-state index >= 15 is 0 Å². The maximum absolute atomic E-state index is 10.8. The summed E-state index contributed by atoms with van der Waals surface area (Å²) in [5, 5.41) is 16.5. The Hall–Kier alpha value is -1.55. The maximum atomic E-state index is 10.8. The number of rotatable bonds is 4. The zero-order valence-electron chi connectivity index (χ0n) is 6.91. The Morgan fingerprint density at radius 1 is 1.58 bits per heavy atom. The van der Waals surface area contributed by atoms with Crippen molar-refractivity contribution in [2.24, 2.45) is 5.92 Å². The third-order valence-electron chi connectivity index (χ3n) is 1.17. The Labute approximate surface area is 71.4 Å². The van der Waals surface area contributed by atoms with Gasteiger partial charge in [0.25, 0.3) is 0 Å². The maximum Gasteiger partial charge on any atom is 0.307 e. The van der Waals surface area contributed by atoms with Crippen molar-refractivity contribution in [3.63, 3.8) is 0 Å². The largest absolute Gasteiger partial charge is 0.465 e. The van der Waals surface area contributed by atoms with Gasteiger partial charge in [-0.2, -0.15) is 10.5 Å². The molecule has 0 aliphatic rings. The highest BCUT2D eigenvalue weighted by atomic mass is 16.5. The fourth-order valence-corrected chi connectivity index (χ4v) is 0.565. The molecule has 0 aromatic heterocycles. The minimum absolute atomic E-state index is 0.0991. The van der Waals surface area contributed by atoms with Crippen LogP contribution in [0.2, 0.25) is 0 Å². The Bertz CT molecular complexity index is 224. The number of ether oxygens (including phenoxy) is 1. The number of nitriles is 2. The van der Waals surface area contributed by atoms with Crippen LogP contribution in [0, 0.1) is 28.6 Å². The molecule has 0 rings (SSSR count). The summed E-state index contributed by atoms with van der Waals surface area (Å²) in [5.74, 6) is -0.737. The normalized spacial score (nSPS) is 10.9. The average molecular weight is 166 g/mol. The molecular weight excluding hydrogens is 156 g/mol. The number of hydrogen-bond acceptors (Lipinski definition) is 4. The van der Waals surface area contributed by atoms with E-state index in [1.165, 1.54) is 0 Å². The van der Waals surface area contributed by atoms with Crippen LogP contribution in [-0.4, -0.2) is 12.6 Å². The van der Waals surface area contributed by atoms with Gasteiger partial charge in [-0.25, -0.2) is 0 Å². The minimum Gasteiger partial charge on any atom is -0.465 e. The van der Waals surface area contributed by atoms with E-state index in [0.717, 1.165) is 0 Å². The van der Waals surface area contributed by atoms with Gasteiger partial charge in [-0.05, 0) is 6.92 Å². The van der Waals surface area contributed by atoms with Crippen LogP contribution < -0.4 is 0 Å². The van der Waals surface area contributed by atoms with E-state index in [2.05, 4.69) is 4.74 Å². The molecule has 12 heavy (non-hydrogen) atoms. The van der Waals surface area contributed by atoms with Crippen molar-refractivity contribution in [2.75, 3.05) is 6.61 Å². The van der Waals surface area contributed by atoms with Crippen LogP contribution in [0.3, 0.4) is 0 Å². The quantitative estimate of drug-likeness (QED) is 0.461. The molecule has 0 fully saturated rings. The molecule has 0 aliphatic heterocycles. The van der Waals surface area contributed by atoms with Gasteiger partial charge >= 0.3 is 5.97 Å². The molecule has 0 aromatic carbocycles. The third kappa shape index (κ3) is 5.25. The van der Waals surface area contributed by atoms with Gasteiger partial charge in [-0.15, -0.1) is 0 Å².